The highest BCUT2D eigenvalue weighted by Gasteiger charge is 2.15. The molecule has 0 radical (unpaired) electrons. The first kappa shape index (κ1) is 33.9. The van der Waals surface area contributed by atoms with Crippen LogP contribution in [0.4, 0.5) is 0 Å². The van der Waals surface area contributed by atoms with Crippen molar-refractivity contribution in [3.05, 3.63) is 200 Å². The summed E-state index contributed by atoms with van der Waals surface area (Å²) in [5.41, 5.74) is 14.2. The Morgan fingerprint density at radius 1 is 0.281 bits per heavy atom. The fraction of sp³-hybridized carbons (Fsp3) is 0.0192. The predicted molar refractivity (Wildman–Crippen MR) is 233 cm³/mol. The van der Waals surface area contributed by atoms with E-state index in [1.165, 1.54) is 11.1 Å². The number of hydrogen-bond donors (Lipinski definition) is 0. The Bertz CT molecular complexity index is 3040. The van der Waals surface area contributed by atoms with Crippen molar-refractivity contribution in [1.29, 1.82) is 0 Å². The Kier molecular flexibility index (Phi) is 8.65. The molecule has 3 heterocycles. The molecule has 0 spiro atoms. The van der Waals surface area contributed by atoms with Gasteiger partial charge in [-0.2, -0.15) is 0 Å². The molecule has 57 heavy (non-hydrogen) atoms. The highest BCUT2D eigenvalue weighted by atomic mass is 15.0. The Labute approximate surface area is 331 Å². The molecule has 3 aromatic heterocycles. The number of aromatic nitrogens is 5. The normalized spacial score (nSPS) is 11.2. The van der Waals surface area contributed by atoms with Crippen molar-refractivity contribution in [2.45, 2.75) is 6.92 Å². The third kappa shape index (κ3) is 6.72. The maximum absolute atomic E-state index is 5.23. The van der Waals surface area contributed by atoms with E-state index >= 15 is 0 Å². The van der Waals surface area contributed by atoms with Crippen LogP contribution >= 0.6 is 0 Å². The van der Waals surface area contributed by atoms with E-state index in [0.29, 0.717) is 17.5 Å². The van der Waals surface area contributed by atoms with Crippen molar-refractivity contribution in [3.8, 4) is 78.9 Å². The van der Waals surface area contributed by atoms with E-state index in [0.717, 1.165) is 77.7 Å². The average molecular weight is 730 g/mol. The Morgan fingerprint density at radius 2 is 0.719 bits per heavy atom. The van der Waals surface area contributed by atoms with Gasteiger partial charge in [0, 0.05) is 38.6 Å². The summed E-state index contributed by atoms with van der Waals surface area (Å²) in [5.74, 6) is 1.89. The van der Waals surface area contributed by atoms with Crippen LogP contribution in [0.3, 0.4) is 0 Å². The van der Waals surface area contributed by atoms with E-state index in [2.05, 4.69) is 146 Å². The van der Waals surface area contributed by atoms with Crippen molar-refractivity contribution in [1.82, 2.24) is 24.9 Å². The summed E-state index contributed by atoms with van der Waals surface area (Å²) in [7, 11) is 0. The largest absolute Gasteiger partial charge is 0.245 e. The van der Waals surface area contributed by atoms with E-state index in [4.69, 9.17) is 24.9 Å². The number of fused-ring (bicyclic) bond motifs is 3. The van der Waals surface area contributed by atoms with Crippen LogP contribution in [-0.4, -0.2) is 24.9 Å². The third-order valence-corrected chi connectivity index (χ3v) is 10.5. The number of nitrogens with zero attached hydrogens (tertiary/aromatic N) is 5. The predicted octanol–water partition coefficient (Wildman–Crippen LogP) is 12.9. The van der Waals surface area contributed by atoms with Crippen LogP contribution in [0.2, 0.25) is 0 Å². The second kappa shape index (κ2) is 14.5. The molecular formula is C52H35N5. The minimum atomic E-state index is 0.622. The molecule has 7 aromatic carbocycles. The minimum Gasteiger partial charge on any atom is -0.245 e. The minimum absolute atomic E-state index is 0.622. The molecule has 0 bridgehead atoms. The molecule has 0 fully saturated rings. The lowest BCUT2D eigenvalue weighted by Crippen LogP contribution is -2.00. The molecule has 5 heteroatoms. The first-order valence-corrected chi connectivity index (χ1v) is 19.1. The molecule has 0 unspecified atom stereocenters. The standard InChI is InChI=1S/C52H35N5/c1-34-32-47(54-49-45(34)30-28-40-29-31-46(53-48(40)49)38-14-7-3-8-15-38)39-24-20-37(21-25-39)43-18-11-19-44(33-43)52-56-50(41-16-9-4-10-17-41)55-51(57-52)42-26-22-36(23-27-42)35-12-5-2-6-13-35/h2-33H,1H3. The van der Waals surface area contributed by atoms with Gasteiger partial charge in [0.05, 0.1) is 22.4 Å². The van der Waals surface area contributed by atoms with Crippen LogP contribution < -0.4 is 0 Å². The van der Waals surface area contributed by atoms with Gasteiger partial charge in [-0.15, -0.1) is 0 Å². The topological polar surface area (TPSA) is 64.5 Å². The molecule has 268 valence electrons. The van der Waals surface area contributed by atoms with Gasteiger partial charge in [-0.1, -0.05) is 176 Å². The summed E-state index contributed by atoms with van der Waals surface area (Å²) in [6, 6.07) is 66.9. The SMILES string of the molecule is Cc1cc(-c2ccc(-c3cccc(-c4nc(-c5ccccc5)nc(-c5ccc(-c6ccccc6)cc5)n4)c3)cc2)nc2c1ccc1ccc(-c3ccccc3)nc12. The number of rotatable bonds is 7. The van der Waals surface area contributed by atoms with Crippen LogP contribution in [0.25, 0.3) is 101 Å². The number of pyridine rings is 2. The van der Waals surface area contributed by atoms with Crippen molar-refractivity contribution >= 4 is 21.8 Å². The summed E-state index contributed by atoms with van der Waals surface area (Å²) >= 11 is 0. The van der Waals surface area contributed by atoms with Crippen molar-refractivity contribution < 1.29 is 0 Å². The number of benzene rings is 7. The average Bonchev–Trinajstić information content (AvgIpc) is 3.29. The Morgan fingerprint density at radius 3 is 1.39 bits per heavy atom. The lowest BCUT2D eigenvalue weighted by molar-refractivity contribution is 1.07. The van der Waals surface area contributed by atoms with E-state index in [1.807, 2.05) is 54.6 Å². The van der Waals surface area contributed by atoms with Gasteiger partial charge in [-0.3, -0.25) is 0 Å². The smallest absolute Gasteiger partial charge is 0.164 e. The zero-order valence-electron chi connectivity index (χ0n) is 31.2. The quantitative estimate of drug-likeness (QED) is 0.153. The van der Waals surface area contributed by atoms with Gasteiger partial charge in [-0.25, -0.2) is 24.9 Å². The molecule has 10 aromatic rings. The van der Waals surface area contributed by atoms with E-state index in [-0.39, 0.29) is 0 Å². The molecular weight excluding hydrogens is 695 g/mol. The van der Waals surface area contributed by atoms with Crippen molar-refractivity contribution in [2.24, 2.45) is 0 Å². The van der Waals surface area contributed by atoms with Crippen LogP contribution in [-0.2, 0) is 0 Å². The Hall–Kier alpha value is -7.63. The molecule has 0 N–H and O–H groups in total. The second-order valence-electron chi connectivity index (χ2n) is 14.2. The lowest BCUT2D eigenvalue weighted by atomic mass is 9.99. The third-order valence-electron chi connectivity index (χ3n) is 10.5. The van der Waals surface area contributed by atoms with Gasteiger partial charge in [0.25, 0.3) is 0 Å². The first-order valence-electron chi connectivity index (χ1n) is 19.1. The summed E-state index contributed by atoms with van der Waals surface area (Å²) in [4.78, 5) is 25.3. The van der Waals surface area contributed by atoms with E-state index in [9.17, 15) is 0 Å². The van der Waals surface area contributed by atoms with Gasteiger partial charge in [0.15, 0.2) is 17.5 Å². The highest BCUT2D eigenvalue weighted by molar-refractivity contribution is 6.05. The van der Waals surface area contributed by atoms with Gasteiger partial charge in [0.1, 0.15) is 0 Å². The Balaban J connectivity index is 0.993. The second-order valence-corrected chi connectivity index (χ2v) is 14.2. The van der Waals surface area contributed by atoms with Gasteiger partial charge in [-0.05, 0) is 52.9 Å². The van der Waals surface area contributed by atoms with Gasteiger partial charge < -0.3 is 0 Å². The molecule has 0 aliphatic rings. The molecule has 0 amide bonds. The monoisotopic (exact) mass is 729 g/mol. The first-order chi connectivity index (χ1) is 28.1. The van der Waals surface area contributed by atoms with Crippen molar-refractivity contribution in [3.63, 3.8) is 0 Å². The highest BCUT2D eigenvalue weighted by Crippen LogP contribution is 2.33. The van der Waals surface area contributed by atoms with Gasteiger partial charge >= 0.3 is 0 Å². The summed E-state index contributed by atoms with van der Waals surface area (Å²) in [6.07, 6.45) is 0. The van der Waals surface area contributed by atoms with Crippen LogP contribution in [0.5, 0.6) is 0 Å². The molecule has 0 atom stereocenters. The maximum atomic E-state index is 5.23. The zero-order valence-corrected chi connectivity index (χ0v) is 31.2. The fourth-order valence-corrected chi connectivity index (χ4v) is 7.42. The van der Waals surface area contributed by atoms with Gasteiger partial charge in [0.2, 0.25) is 0 Å². The summed E-state index contributed by atoms with van der Waals surface area (Å²) < 4.78 is 0. The summed E-state index contributed by atoms with van der Waals surface area (Å²) in [6.45, 7) is 2.15. The van der Waals surface area contributed by atoms with Crippen LogP contribution in [0.15, 0.2) is 194 Å². The molecule has 0 aliphatic carbocycles. The van der Waals surface area contributed by atoms with Crippen LogP contribution in [0, 0.1) is 6.92 Å². The summed E-state index contributed by atoms with van der Waals surface area (Å²) in [5, 5.41) is 2.18. The van der Waals surface area contributed by atoms with Crippen molar-refractivity contribution in [2.75, 3.05) is 0 Å². The lowest BCUT2D eigenvalue weighted by Gasteiger charge is -2.11. The molecule has 0 saturated heterocycles. The maximum Gasteiger partial charge on any atom is 0.164 e. The van der Waals surface area contributed by atoms with Crippen LogP contribution in [0.1, 0.15) is 5.56 Å². The number of hydrogen-bond acceptors (Lipinski definition) is 5. The van der Waals surface area contributed by atoms with E-state index in [1.54, 1.807) is 0 Å². The fourth-order valence-electron chi connectivity index (χ4n) is 7.42. The molecule has 0 aliphatic heterocycles. The molecule has 0 saturated carbocycles. The number of aryl methyl sites for hydroxylation is 1. The zero-order chi connectivity index (χ0) is 38.1. The van der Waals surface area contributed by atoms with E-state index < -0.39 is 0 Å². The molecule has 5 nitrogen and oxygen atoms in total. The molecule has 10 rings (SSSR count).